The van der Waals surface area contributed by atoms with Crippen LogP contribution in [0.3, 0.4) is 0 Å². The zero-order chi connectivity index (χ0) is 27.1. The van der Waals surface area contributed by atoms with E-state index in [1.165, 1.54) is 23.5 Å². The number of carboxylic acid groups (broad SMARTS) is 1. The highest BCUT2D eigenvalue weighted by Gasteiger charge is 2.23. The minimum Gasteiger partial charge on any atom is -0.478 e. The average molecular weight is 529 g/mol. The Bertz CT molecular complexity index is 1310. The number of nitrogens with zero attached hydrogens (tertiary/aromatic N) is 2. The smallest absolute Gasteiger partial charge is 0.337 e. The third kappa shape index (κ3) is 6.43. The van der Waals surface area contributed by atoms with Crippen LogP contribution in [-0.2, 0) is 6.54 Å². The predicted octanol–water partition coefficient (Wildman–Crippen LogP) is 8.33. The zero-order valence-corrected chi connectivity index (χ0v) is 23.3. The monoisotopic (exact) mass is 528 g/mol. The number of ether oxygens (including phenoxy) is 1. The molecular formula is C32H36N2O3S. The van der Waals surface area contributed by atoms with Crippen molar-refractivity contribution in [3.05, 3.63) is 112 Å². The molecule has 1 N–H and O–H groups in total. The first-order chi connectivity index (χ1) is 18.4. The molecule has 198 valence electrons. The zero-order valence-electron chi connectivity index (χ0n) is 22.5. The fraction of sp³-hybridized carbons (Fsp3) is 0.312. The molecule has 0 radical (unpaired) electrons. The van der Waals surface area contributed by atoms with Crippen molar-refractivity contribution in [1.82, 2.24) is 4.98 Å². The summed E-state index contributed by atoms with van der Waals surface area (Å²) < 4.78 is 6.46. The standard InChI is InChI=1S/C32H36N2O3S/c1-5-23(6-2)24-13-15-27(16-14-24)34(22(3)4)21-25-10-7-8-11-29(25)31(30-12-9-17-38-30)37-28-18-26(32(35)36)19-33-20-28/h7-20,22-23,31H,5-6,21H2,1-4H3,(H,35,36). The Morgan fingerprint density at radius 1 is 1.00 bits per heavy atom. The Morgan fingerprint density at radius 3 is 2.37 bits per heavy atom. The van der Waals surface area contributed by atoms with Crippen molar-refractivity contribution < 1.29 is 14.6 Å². The minimum atomic E-state index is -1.03. The fourth-order valence-corrected chi connectivity index (χ4v) is 5.61. The summed E-state index contributed by atoms with van der Waals surface area (Å²) in [6.07, 6.45) is 4.80. The molecule has 0 aliphatic rings. The highest BCUT2D eigenvalue weighted by Crippen LogP contribution is 2.35. The van der Waals surface area contributed by atoms with Gasteiger partial charge < -0.3 is 14.7 Å². The third-order valence-corrected chi connectivity index (χ3v) is 7.91. The Balaban J connectivity index is 1.68. The molecule has 0 amide bonds. The lowest BCUT2D eigenvalue weighted by Gasteiger charge is -2.31. The number of rotatable bonds is 12. The van der Waals surface area contributed by atoms with E-state index in [1.54, 1.807) is 17.5 Å². The number of carboxylic acids is 1. The van der Waals surface area contributed by atoms with Gasteiger partial charge in [0.15, 0.2) is 6.10 Å². The van der Waals surface area contributed by atoms with Gasteiger partial charge in [-0.2, -0.15) is 0 Å². The van der Waals surface area contributed by atoms with Gasteiger partial charge in [0, 0.05) is 34.9 Å². The molecule has 0 aliphatic carbocycles. The predicted molar refractivity (Wildman–Crippen MR) is 156 cm³/mol. The number of thiophene rings is 1. The molecule has 0 bridgehead atoms. The summed E-state index contributed by atoms with van der Waals surface area (Å²) in [5.74, 6) is -0.00952. The molecule has 6 heteroatoms. The normalized spacial score (nSPS) is 12.1. The van der Waals surface area contributed by atoms with Crippen LogP contribution >= 0.6 is 11.3 Å². The van der Waals surface area contributed by atoms with Gasteiger partial charge in [0.05, 0.1) is 11.8 Å². The SMILES string of the molecule is CCC(CC)c1ccc(N(Cc2ccccc2C(Oc2cncc(C(=O)O)c2)c2cccs2)C(C)C)cc1. The largest absolute Gasteiger partial charge is 0.478 e. The molecule has 4 aromatic rings. The van der Waals surface area contributed by atoms with Crippen molar-refractivity contribution in [2.45, 2.75) is 65.1 Å². The highest BCUT2D eigenvalue weighted by atomic mass is 32.1. The summed E-state index contributed by atoms with van der Waals surface area (Å²) in [6.45, 7) is 9.65. The van der Waals surface area contributed by atoms with Crippen molar-refractivity contribution in [2.75, 3.05) is 4.90 Å². The molecule has 0 aliphatic heterocycles. The Hall–Kier alpha value is -3.64. The van der Waals surface area contributed by atoms with Crippen LogP contribution in [0.1, 0.15) is 84.5 Å². The van der Waals surface area contributed by atoms with Gasteiger partial charge in [0.25, 0.3) is 0 Å². The molecule has 2 aromatic heterocycles. The topological polar surface area (TPSA) is 62.7 Å². The number of aromatic nitrogens is 1. The van der Waals surface area contributed by atoms with Crippen molar-refractivity contribution in [2.24, 2.45) is 0 Å². The second-order valence-electron chi connectivity index (χ2n) is 9.75. The van der Waals surface area contributed by atoms with Crippen molar-refractivity contribution in [3.63, 3.8) is 0 Å². The number of anilines is 1. The quantitative estimate of drug-likeness (QED) is 0.200. The molecule has 1 atom stereocenters. The van der Waals surface area contributed by atoms with Crippen LogP contribution < -0.4 is 9.64 Å². The lowest BCUT2D eigenvalue weighted by atomic mass is 9.93. The molecule has 5 nitrogen and oxygen atoms in total. The van der Waals surface area contributed by atoms with Crippen LogP contribution in [-0.4, -0.2) is 22.1 Å². The molecule has 0 saturated carbocycles. The van der Waals surface area contributed by atoms with Crippen molar-refractivity contribution in [3.8, 4) is 5.75 Å². The van der Waals surface area contributed by atoms with E-state index < -0.39 is 5.97 Å². The third-order valence-electron chi connectivity index (χ3n) is 7.00. The Labute approximate surface area is 229 Å². The molecule has 1 unspecified atom stereocenters. The number of hydrogen-bond acceptors (Lipinski definition) is 5. The molecule has 0 fully saturated rings. The molecule has 0 saturated heterocycles. The molecule has 2 heterocycles. The number of aromatic carboxylic acids is 1. The van der Waals surface area contributed by atoms with E-state index in [9.17, 15) is 9.90 Å². The highest BCUT2D eigenvalue weighted by molar-refractivity contribution is 7.10. The first-order valence-electron chi connectivity index (χ1n) is 13.2. The molecule has 38 heavy (non-hydrogen) atoms. The molecule has 4 rings (SSSR count). The van der Waals surface area contributed by atoms with Crippen LogP contribution in [0.15, 0.2) is 84.5 Å². The van der Waals surface area contributed by atoms with E-state index >= 15 is 0 Å². The fourth-order valence-electron chi connectivity index (χ4n) is 4.84. The van der Waals surface area contributed by atoms with E-state index in [1.807, 2.05) is 17.5 Å². The van der Waals surface area contributed by atoms with Crippen molar-refractivity contribution in [1.29, 1.82) is 0 Å². The maximum absolute atomic E-state index is 11.5. The summed E-state index contributed by atoms with van der Waals surface area (Å²) in [4.78, 5) is 19.0. The van der Waals surface area contributed by atoms with Crippen LogP contribution in [0.2, 0.25) is 0 Å². The number of pyridine rings is 1. The lowest BCUT2D eigenvalue weighted by Crippen LogP contribution is -2.31. The van der Waals surface area contributed by atoms with E-state index in [4.69, 9.17) is 4.74 Å². The Kier molecular flexibility index (Phi) is 9.19. The van der Waals surface area contributed by atoms with Crippen LogP contribution in [0, 0.1) is 0 Å². The van der Waals surface area contributed by atoms with Gasteiger partial charge in [0.2, 0.25) is 0 Å². The summed E-state index contributed by atoms with van der Waals surface area (Å²) in [5.41, 5.74) is 4.90. The number of benzene rings is 2. The first-order valence-corrected chi connectivity index (χ1v) is 14.1. The summed E-state index contributed by atoms with van der Waals surface area (Å²) in [6, 6.07) is 23.2. The number of hydrogen-bond donors (Lipinski definition) is 1. The van der Waals surface area contributed by atoms with E-state index in [-0.39, 0.29) is 11.7 Å². The Morgan fingerprint density at radius 2 is 1.74 bits per heavy atom. The van der Waals surface area contributed by atoms with Gasteiger partial charge in [0.1, 0.15) is 5.75 Å². The van der Waals surface area contributed by atoms with Crippen LogP contribution in [0.4, 0.5) is 5.69 Å². The number of carbonyl (C=O) groups is 1. The van der Waals surface area contributed by atoms with Gasteiger partial charge in [-0.3, -0.25) is 4.98 Å². The summed E-state index contributed by atoms with van der Waals surface area (Å²) >= 11 is 1.62. The lowest BCUT2D eigenvalue weighted by molar-refractivity contribution is 0.0695. The maximum atomic E-state index is 11.5. The van der Waals surface area contributed by atoms with Gasteiger partial charge in [-0.05, 0) is 73.4 Å². The first kappa shape index (κ1) is 27.4. The van der Waals surface area contributed by atoms with Crippen LogP contribution in [0.5, 0.6) is 5.75 Å². The summed E-state index contributed by atoms with van der Waals surface area (Å²) in [5, 5.41) is 11.5. The van der Waals surface area contributed by atoms with Gasteiger partial charge in [-0.25, -0.2) is 4.79 Å². The second-order valence-corrected chi connectivity index (χ2v) is 10.7. The van der Waals surface area contributed by atoms with Gasteiger partial charge in [-0.15, -0.1) is 11.3 Å². The molecular weight excluding hydrogens is 492 g/mol. The van der Waals surface area contributed by atoms with E-state index in [2.05, 4.69) is 86.1 Å². The van der Waals surface area contributed by atoms with Crippen molar-refractivity contribution >= 4 is 23.0 Å². The van der Waals surface area contributed by atoms with E-state index in [0.717, 1.165) is 35.4 Å². The van der Waals surface area contributed by atoms with E-state index in [0.29, 0.717) is 17.7 Å². The average Bonchev–Trinajstić information content (AvgIpc) is 3.47. The summed E-state index contributed by atoms with van der Waals surface area (Å²) in [7, 11) is 0. The minimum absolute atomic E-state index is 0.100. The van der Waals surface area contributed by atoms with Gasteiger partial charge in [-0.1, -0.05) is 56.3 Å². The maximum Gasteiger partial charge on any atom is 0.337 e. The molecule has 2 aromatic carbocycles. The van der Waals surface area contributed by atoms with Crippen LogP contribution in [0.25, 0.3) is 0 Å². The second kappa shape index (κ2) is 12.7. The molecule has 0 spiro atoms. The van der Waals surface area contributed by atoms with Gasteiger partial charge >= 0.3 is 5.97 Å².